The molecule has 1 aromatic heterocycles. The molecule has 39 heavy (non-hydrogen) atoms. The van der Waals surface area contributed by atoms with Gasteiger partial charge in [0.25, 0.3) is 5.56 Å². The van der Waals surface area contributed by atoms with Gasteiger partial charge in [0.2, 0.25) is 5.75 Å². The minimum absolute atomic E-state index is 0.0332. The van der Waals surface area contributed by atoms with Crippen LogP contribution < -0.4 is 36.5 Å². The number of aliphatic hydroxyl groups is 2. The van der Waals surface area contributed by atoms with Crippen molar-refractivity contribution < 1.29 is 43.1 Å². The fourth-order valence-electron chi connectivity index (χ4n) is 4.33. The molecular formula is C24H36N3O11P. The molecule has 5 unspecified atom stereocenters. The summed E-state index contributed by atoms with van der Waals surface area (Å²) in [6.07, 6.45) is -1.38. The molecule has 2 aromatic rings. The second-order valence-electron chi connectivity index (χ2n) is 9.03. The highest BCUT2D eigenvalue weighted by molar-refractivity contribution is 7.61. The van der Waals surface area contributed by atoms with Gasteiger partial charge in [-0.25, -0.2) is 4.79 Å². The maximum absolute atomic E-state index is 12.9. The quantitative estimate of drug-likeness (QED) is 0.140. The van der Waals surface area contributed by atoms with Crippen molar-refractivity contribution in [2.75, 3.05) is 34.5 Å². The van der Waals surface area contributed by atoms with Gasteiger partial charge in [0.15, 0.2) is 11.5 Å². The molecule has 0 saturated carbocycles. The number of H-pyrrole nitrogens is 1. The number of methoxy groups -OCH3 is 3. The third kappa shape index (κ3) is 7.28. The van der Waals surface area contributed by atoms with Gasteiger partial charge in [0.1, 0.15) is 18.3 Å². The first kappa shape index (κ1) is 30.8. The van der Waals surface area contributed by atoms with E-state index in [0.29, 0.717) is 24.9 Å². The summed E-state index contributed by atoms with van der Waals surface area (Å²) in [5, 5.41) is 20.9. The van der Waals surface area contributed by atoms with Crippen molar-refractivity contribution in [3.8, 4) is 17.2 Å². The van der Waals surface area contributed by atoms with Gasteiger partial charge in [-0.15, -0.1) is 0 Å². The zero-order valence-corrected chi connectivity index (χ0v) is 23.0. The monoisotopic (exact) mass is 573 g/mol. The van der Waals surface area contributed by atoms with E-state index >= 15 is 0 Å². The van der Waals surface area contributed by atoms with E-state index in [2.05, 4.69) is 4.98 Å². The first-order valence-corrected chi connectivity index (χ1v) is 14.0. The van der Waals surface area contributed by atoms with Gasteiger partial charge >= 0.3 is 13.3 Å². The Morgan fingerprint density at radius 3 is 2.28 bits per heavy atom. The number of aromatic amines is 1. The fraction of sp³-hybridized carbons (Fsp3) is 0.583. The van der Waals surface area contributed by atoms with Crippen LogP contribution in [0.5, 0.6) is 17.2 Å². The Kier molecular flexibility index (Phi) is 10.7. The standard InChI is InChI=1S/C24H36N3O11P/c1-34-17-10-15(11-18(35-2)22(17)36-3)39(32,33)37-9-7-16-20(28)21(29)19(38-16)13-27-12-14(6-4-5-8-25)23(30)26-24(27)31/h10-12,16,19-21,28-29H,4-9,13,25H2,1-3H3,(H,32,33)(H,26,30,31). The van der Waals surface area contributed by atoms with Crippen molar-refractivity contribution >= 4 is 12.9 Å². The average molecular weight is 574 g/mol. The van der Waals surface area contributed by atoms with E-state index in [0.717, 1.165) is 6.42 Å². The number of nitrogens with two attached hydrogens (primary N) is 1. The number of unbranched alkanes of at least 4 members (excludes halogenated alkanes) is 1. The number of ether oxygens (including phenoxy) is 4. The molecule has 5 atom stereocenters. The number of nitrogens with zero attached hydrogens (tertiary/aromatic N) is 1. The molecule has 1 fully saturated rings. The van der Waals surface area contributed by atoms with Crippen LogP contribution in [0.4, 0.5) is 0 Å². The summed E-state index contributed by atoms with van der Waals surface area (Å²) in [5.41, 5.74) is 4.73. The Labute approximate surface area is 224 Å². The molecule has 0 bridgehead atoms. The lowest BCUT2D eigenvalue weighted by atomic mass is 10.1. The lowest BCUT2D eigenvalue weighted by Crippen LogP contribution is -2.39. The molecule has 2 heterocycles. The summed E-state index contributed by atoms with van der Waals surface area (Å²) in [7, 11) is -0.207. The number of aryl methyl sites for hydroxylation is 1. The zero-order chi connectivity index (χ0) is 28.7. The molecule has 1 aliphatic heterocycles. The predicted octanol–water partition coefficient (Wildman–Crippen LogP) is -0.749. The summed E-state index contributed by atoms with van der Waals surface area (Å²) in [4.78, 5) is 37.2. The molecule has 3 rings (SSSR count). The van der Waals surface area contributed by atoms with E-state index in [-0.39, 0.29) is 42.1 Å². The predicted molar refractivity (Wildman–Crippen MR) is 140 cm³/mol. The van der Waals surface area contributed by atoms with E-state index in [1.807, 2.05) is 0 Å². The molecule has 1 aromatic carbocycles. The van der Waals surface area contributed by atoms with Crippen LogP contribution >= 0.6 is 7.60 Å². The first-order valence-electron chi connectivity index (χ1n) is 12.4. The van der Waals surface area contributed by atoms with E-state index in [9.17, 15) is 29.3 Å². The van der Waals surface area contributed by atoms with E-state index in [1.165, 1.54) is 44.2 Å². The van der Waals surface area contributed by atoms with Crippen LogP contribution in [0, 0.1) is 0 Å². The summed E-state index contributed by atoms with van der Waals surface area (Å²) in [6.45, 7) is 0.0609. The number of rotatable bonds is 14. The fourth-order valence-corrected chi connectivity index (χ4v) is 5.40. The Morgan fingerprint density at radius 1 is 1.05 bits per heavy atom. The lowest BCUT2D eigenvalue weighted by molar-refractivity contribution is -0.00972. The van der Waals surface area contributed by atoms with Crippen LogP contribution in [0.15, 0.2) is 27.9 Å². The molecular weight excluding hydrogens is 537 g/mol. The normalized spacial score (nSPS) is 22.4. The van der Waals surface area contributed by atoms with Crippen molar-refractivity contribution in [2.24, 2.45) is 5.73 Å². The Balaban J connectivity index is 1.65. The Morgan fingerprint density at radius 2 is 1.69 bits per heavy atom. The van der Waals surface area contributed by atoms with Crippen molar-refractivity contribution in [3.05, 3.63) is 44.7 Å². The number of hydrogen-bond acceptors (Lipinski definition) is 11. The van der Waals surface area contributed by atoms with Gasteiger partial charge < -0.3 is 44.3 Å². The van der Waals surface area contributed by atoms with E-state index < -0.39 is 43.3 Å². The highest BCUT2D eigenvalue weighted by Crippen LogP contribution is 2.46. The van der Waals surface area contributed by atoms with Gasteiger partial charge in [-0.3, -0.25) is 18.9 Å². The molecule has 0 radical (unpaired) electrons. The van der Waals surface area contributed by atoms with Gasteiger partial charge in [-0.05, 0) is 37.9 Å². The summed E-state index contributed by atoms with van der Waals surface area (Å²) >= 11 is 0. The zero-order valence-electron chi connectivity index (χ0n) is 22.1. The first-order chi connectivity index (χ1) is 18.6. The van der Waals surface area contributed by atoms with Crippen LogP contribution in [0.2, 0.25) is 0 Å². The number of benzene rings is 1. The van der Waals surface area contributed by atoms with Crippen LogP contribution in [0.1, 0.15) is 24.8 Å². The number of aromatic nitrogens is 2. The molecule has 6 N–H and O–H groups in total. The Hall–Kier alpha value is -2.71. The maximum atomic E-state index is 12.9. The van der Waals surface area contributed by atoms with Crippen LogP contribution in [-0.4, -0.2) is 83.6 Å². The number of nitrogens with one attached hydrogen (secondary N) is 1. The molecule has 0 aliphatic carbocycles. The average Bonchev–Trinajstić information content (AvgIpc) is 3.17. The minimum atomic E-state index is -4.35. The highest BCUT2D eigenvalue weighted by Gasteiger charge is 2.43. The molecule has 218 valence electrons. The van der Waals surface area contributed by atoms with Gasteiger partial charge in [0.05, 0.1) is 45.9 Å². The van der Waals surface area contributed by atoms with Crippen molar-refractivity contribution in [1.29, 1.82) is 0 Å². The third-order valence-corrected chi connectivity index (χ3v) is 7.91. The lowest BCUT2D eigenvalue weighted by Gasteiger charge is -2.19. The number of hydrogen-bond donors (Lipinski definition) is 5. The van der Waals surface area contributed by atoms with Gasteiger partial charge in [-0.1, -0.05) is 0 Å². The number of aliphatic hydroxyl groups excluding tert-OH is 2. The van der Waals surface area contributed by atoms with Crippen molar-refractivity contribution in [1.82, 2.24) is 9.55 Å². The second kappa shape index (κ2) is 13.6. The van der Waals surface area contributed by atoms with Crippen LogP contribution in [-0.2, 0) is 26.8 Å². The summed E-state index contributed by atoms with van der Waals surface area (Å²) < 4.78 is 40.8. The largest absolute Gasteiger partial charge is 0.493 e. The highest BCUT2D eigenvalue weighted by atomic mass is 31.2. The van der Waals surface area contributed by atoms with Crippen molar-refractivity contribution in [2.45, 2.75) is 56.6 Å². The molecule has 0 amide bonds. The van der Waals surface area contributed by atoms with E-state index in [4.69, 9.17) is 29.2 Å². The van der Waals surface area contributed by atoms with Gasteiger partial charge in [0, 0.05) is 18.2 Å². The SMILES string of the molecule is COc1cc(P(=O)(O)OCCC2OC(Cn3cc(CCCCN)c(=O)[nH]c3=O)C(O)C2O)cc(OC)c1OC. The van der Waals surface area contributed by atoms with Crippen molar-refractivity contribution in [3.63, 3.8) is 0 Å². The Bertz CT molecular complexity index is 1260. The molecule has 15 heteroatoms. The van der Waals surface area contributed by atoms with Crippen LogP contribution in [0.25, 0.3) is 0 Å². The van der Waals surface area contributed by atoms with Crippen LogP contribution in [0.3, 0.4) is 0 Å². The molecule has 1 saturated heterocycles. The smallest absolute Gasteiger partial charge is 0.359 e. The second-order valence-corrected chi connectivity index (χ2v) is 10.8. The molecule has 0 spiro atoms. The molecule has 1 aliphatic rings. The van der Waals surface area contributed by atoms with Gasteiger partial charge in [-0.2, -0.15) is 0 Å². The minimum Gasteiger partial charge on any atom is -0.493 e. The third-order valence-electron chi connectivity index (χ3n) is 6.47. The maximum Gasteiger partial charge on any atom is 0.359 e. The summed E-state index contributed by atoms with van der Waals surface area (Å²) in [5.74, 6) is 0.589. The van der Waals surface area contributed by atoms with E-state index in [1.54, 1.807) is 0 Å². The molecule has 14 nitrogen and oxygen atoms in total. The topological polar surface area (TPSA) is 205 Å². The summed E-state index contributed by atoms with van der Waals surface area (Å²) in [6, 6.07) is 2.60.